The first-order chi connectivity index (χ1) is 13.3. The summed E-state index contributed by atoms with van der Waals surface area (Å²) in [5.41, 5.74) is 3.70. The summed E-state index contributed by atoms with van der Waals surface area (Å²) >= 11 is 0. The normalized spacial score (nSPS) is 19.7. The molecule has 2 aliphatic rings. The van der Waals surface area contributed by atoms with Gasteiger partial charge in [0.25, 0.3) is 11.7 Å². The number of nitrogens with one attached hydrogen (secondary N) is 5. The maximum Gasteiger partial charge on any atom is 0.274 e. The van der Waals surface area contributed by atoms with Gasteiger partial charge in [0.05, 0.1) is 18.7 Å². The van der Waals surface area contributed by atoms with Crippen LogP contribution in [-0.4, -0.2) is 37.9 Å². The van der Waals surface area contributed by atoms with E-state index in [1.807, 2.05) is 48.5 Å². The molecule has 5 N–H and O–H groups in total. The quantitative estimate of drug-likeness (QED) is 0.488. The Hall–Kier alpha value is -2.70. The summed E-state index contributed by atoms with van der Waals surface area (Å²) in [4.78, 5) is 15.9. The Morgan fingerprint density at radius 1 is 0.963 bits per heavy atom. The molecule has 6 heteroatoms. The molecular formula is C21H26N5O+2. The minimum Gasteiger partial charge on any atom is -0.322 e. The van der Waals surface area contributed by atoms with Crippen LogP contribution in [0.3, 0.4) is 0 Å². The van der Waals surface area contributed by atoms with E-state index in [0.717, 1.165) is 56.1 Å². The van der Waals surface area contributed by atoms with Gasteiger partial charge in [-0.1, -0.05) is 0 Å². The highest BCUT2D eigenvalue weighted by molar-refractivity contribution is 6.05. The van der Waals surface area contributed by atoms with Gasteiger partial charge in [-0.3, -0.25) is 20.4 Å². The molecule has 2 aliphatic heterocycles. The van der Waals surface area contributed by atoms with Crippen molar-refractivity contribution >= 4 is 17.4 Å². The van der Waals surface area contributed by atoms with Crippen LogP contribution < -0.4 is 26.3 Å². The fourth-order valence-electron chi connectivity index (χ4n) is 3.42. The molecule has 1 radical (unpaired) electrons. The zero-order valence-corrected chi connectivity index (χ0v) is 15.3. The second-order valence-corrected chi connectivity index (χ2v) is 6.93. The molecule has 1 amide bonds. The van der Waals surface area contributed by atoms with E-state index in [1.54, 1.807) is 0 Å². The predicted octanol–water partition coefficient (Wildman–Crippen LogP) is -0.899. The Kier molecular flexibility index (Phi) is 5.46. The molecule has 2 aromatic rings. The molecule has 2 heterocycles. The van der Waals surface area contributed by atoms with E-state index in [0.29, 0.717) is 5.56 Å². The van der Waals surface area contributed by atoms with Crippen LogP contribution in [0.2, 0.25) is 0 Å². The number of amidine groups is 1. The number of benzene rings is 2. The first kappa shape index (κ1) is 17.7. The van der Waals surface area contributed by atoms with Gasteiger partial charge in [-0.05, 0) is 48.5 Å². The molecule has 0 saturated carbocycles. The maximum atomic E-state index is 12.5. The summed E-state index contributed by atoms with van der Waals surface area (Å²) in [6.45, 7) is 4.01. The van der Waals surface area contributed by atoms with Gasteiger partial charge in [-0.15, -0.1) is 0 Å². The van der Waals surface area contributed by atoms with Gasteiger partial charge in [-0.25, -0.2) is 0 Å². The van der Waals surface area contributed by atoms with E-state index < -0.39 is 0 Å². The van der Waals surface area contributed by atoms with Crippen LogP contribution >= 0.6 is 0 Å². The Morgan fingerprint density at radius 3 is 2.41 bits per heavy atom. The Labute approximate surface area is 159 Å². The van der Waals surface area contributed by atoms with Crippen LogP contribution in [0.15, 0.2) is 48.5 Å². The summed E-state index contributed by atoms with van der Waals surface area (Å²) in [7, 11) is 0. The third-order valence-electron chi connectivity index (χ3n) is 4.95. The van der Waals surface area contributed by atoms with Crippen LogP contribution in [0, 0.1) is 0 Å². The minimum atomic E-state index is -0.0993. The summed E-state index contributed by atoms with van der Waals surface area (Å²) in [6, 6.07) is 15.7. The molecule has 1 fully saturated rings. The maximum absolute atomic E-state index is 12.5. The Bertz CT molecular complexity index is 807. The van der Waals surface area contributed by atoms with Crippen LogP contribution in [-0.2, 0) is 0 Å². The van der Waals surface area contributed by atoms with Crippen molar-refractivity contribution in [3.05, 3.63) is 65.2 Å². The SMILES string of the molecule is O=C(Nc1ccc(C2NCCC[NH+]2)cc1)c1ccc(C2=[NH+]CCCN2)cc1. The molecule has 27 heavy (non-hydrogen) atoms. The molecule has 0 unspecified atom stereocenters. The van der Waals surface area contributed by atoms with Crippen LogP contribution in [0.25, 0.3) is 0 Å². The van der Waals surface area contributed by atoms with Gasteiger partial charge >= 0.3 is 0 Å². The van der Waals surface area contributed by atoms with Crippen molar-refractivity contribution in [3.63, 3.8) is 0 Å². The molecule has 139 valence electrons. The minimum absolute atomic E-state index is 0.0993. The van der Waals surface area contributed by atoms with Crippen molar-refractivity contribution in [1.82, 2.24) is 10.6 Å². The van der Waals surface area contributed by atoms with Crippen molar-refractivity contribution in [3.8, 4) is 0 Å². The molecule has 0 bridgehead atoms. The molecule has 0 aromatic heterocycles. The second-order valence-electron chi connectivity index (χ2n) is 6.93. The van der Waals surface area contributed by atoms with Gasteiger partial charge in [0, 0.05) is 36.2 Å². The number of hydrogen-bond donors (Lipinski definition) is 5. The van der Waals surface area contributed by atoms with E-state index in [1.165, 1.54) is 5.56 Å². The second kappa shape index (κ2) is 8.33. The van der Waals surface area contributed by atoms with Gasteiger partial charge in [0.15, 0.2) is 0 Å². The fraction of sp³-hybridized carbons (Fsp3) is 0.333. The lowest BCUT2D eigenvalue weighted by Crippen LogP contribution is -2.90. The van der Waals surface area contributed by atoms with Gasteiger partial charge < -0.3 is 5.32 Å². The summed E-state index contributed by atoms with van der Waals surface area (Å²) < 4.78 is 0. The smallest absolute Gasteiger partial charge is 0.274 e. The molecule has 1 saturated heterocycles. The number of carbonyl (C=O) groups is 1. The topological polar surface area (TPSA) is 82.7 Å². The lowest BCUT2D eigenvalue weighted by atomic mass is 10.1. The molecule has 6 nitrogen and oxygen atoms in total. The standard InChI is InChI=1S/C21H25N5O/c27-21(17-5-3-15(4-6-17)19-22-11-1-12-23-19)26-18-9-7-16(8-10-18)20-24-13-2-14-25-20/h3-10,20,24-25H,1-2,11-14H2,(H,22,23)(H,26,27)/q+1/p+1. The average molecular weight is 364 g/mol. The van der Waals surface area contributed by atoms with E-state index in [4.69, 9.17) is 0 Å². The Morgan fingerprint density at radius 2 is 1.74 bits per heavy atom. The van der Waals surface area contributed by atoms with E-state index in [-0.39, 0.29) is 12.1 Å². The van der Waals surface area contributed by atoms with Crippen LogP contribution in [0.4, 0.5) is 5.69 Å². The van der Waals surface area contributed by atoms with Crippen LogP contribution in [0.1, 0.15) is 40.5 Å². The lowest BCUT2D eigenvalue weighted by molar-refractivity contribution is -0.708. The number of amides is 1. The molecule has 2 aromatic carbocycles. The Balaban J connectivity index is 1.39. The van der Waals surface area contributed by atoms with Gasteiger partial charge in [0.2, 0.25) is 6.17 Å². The summed E-state index contributed by atoms with van der Waals surface area (Å²) in [5, 5.41) is 13.2. The van der Waals surface area contributed by atoms with E-state index in [9.17, 15) is 4.79 Å². The molecule has 0 atom stereocenters. The van der Waals surface area contributed by atoms with Crippen molar-refractivity contribution in [2.45, 2.75) is 19.0 Å². The molecule has 0 aliphatic carbocycles. The molecule has 4 rings (SSSR count). The highest BCUT2D eigenvalue weighted by atomic mass is 16.1. The van der Waals surface area contributed by atoms with Crippen molar-refractivity contribution < 1.29 is 15.1 Å². The van der Waals surface area contributed by atoms with Gasteiger partial charge in [0.1, 0.15) is 6.54 Å². The lowest BCUT2D eigenvalue weighted by Gasteiger charge is -2.18. The third kappa shape index (κ3) is 4.35. The number of rotatable bonds is 4. The van der Waals surface area contributed by atoms with E-state index in [2.05, 4.69) is 26.3 Å². The first-order valence-corrected chi connectivity index (χ1v) is 9.63. The predicted molar refractivity (Wildman–Crippen MR) is 105 cm³/mol. The van der Waals surface area contributed by atoms with Crippen molar-refractivity contribution in [2.75, 3.05) is 31.5 Å². The highest BCUT2D eigenvalue weighted by Crippen LogP contribution is 2.15. The largest absolute Gasteiger partial charge is 0.322 e. The van der Waals surface area contributed by atoms with Gasteiger partial charge in [-0.2, -0.15) is 5.32 Å². The summed E-state index contributed by atoms with van der Waals surface area (Å²) in [6.07, 6.45) is 2.46. The number of carbonyl (C=O) groups excluding carboxylic acids is 1. The number of hydrogen-bond acceptors (Lipinski definition) is 4. The monoisotopic (exact) mass is 364 g/mol. The zero-order valence-electron chi connectivity index (χ0n) is 15.3. The number of anilines is 1. The molecule has 0 spiro atoms. The average Bonchev–Trinajstić information content (AvgIpc) is 2.76. The fourth-order valence-corrected chi connectivity index (χ4v) is 3.42. The first-order valence-electron chi connectivity index (χ1n) is 9.63. The molecular weight excluding hydrogens is 338 g/mol. The van der Waals surface area contributed by atoms with Crippen LogP contribution in [0.5, 0.6) is 0 Å². The van der Waals surface area contributed by atoms with E-state index >= 15 is 0 Å². The van der Waals surface area contributed by atoms with Crippen molar-refractivity contribution in [1.29, 1.82) is 0 Å². The summed E-state index contributed by atoms with van der Waals surface area (Å²) in [5.74, 6) is 0.937. The van der Waals surface area contributed by atoms with Crippen molar-refractivity contribution in [2.24, 2.45) is 0 Å². The zero-order chi connectivity index (χ0) is 18.5. The highest BCUT2D eigenvalue weighted by Gasteiger charge is 2.21. The third-order valence-corrected chi connectivity index (χ3v) is 4.95.